The summed E-state index contributed by atoms with van der Waals surface area (Å²) in [5, 5.41) is 2.88. The van der Waals surface area contributed by atoms with Crippen LogP contribution >= 0.6 is 0 Å². The molecule has 1 N–H and O–H groups in total. The van der Waals surface area contributed by atoms with E-state index in [4.69, 9.17) is 0 Å². The number of aryl methyl sites for hydroxylation is 1. The predicted molar refractivity (Wildman–Crippen MR) is 118 cm³/mol. The van der Waals surface area contributed by atoms with E-state index >= 15 is 0 Å². The Morgan fingerprint density at radius 3 is 2.50 bits per heavy atom. The number of fused-ring (bicyclic) bond motifs is 1. The first-order chi connectivity index (χ1) is 15.3. The minimum Gasteiger partial charge on any atom is -0.334 e. The molecule has 1 saturated carbocycles. The fourth-order valence-corrected chi connectivity index (χ4v) is 7.66. The van der Waals surface area contributed by atoms with Crippen molar-refractivity contribution in [2.75, 3.05) is 18.1 Å². The largest absolute Gasteiger partial charge is 0.334 e. The number of hydrogen-bond donors (Lipinski definition) is 1. The zero-order chi connectivity index (χ0) is 22.5. The smallest absolute Gasteiger partial charge is 0.325 e. The summed E-state index contributed by atoms with van der Waals surface area (Å²) in [7, 11) is -3.16. The molecule has 2 unspecified atom stereocenters. The van der Waals surface area contributed by atoms with Crippen LogP contribution in [0.5, 0.6) is 0 Å². The van der Waals surface area contributed by atoms with Crippen LogP contribution in [0.3, 0.4) is 0 Å². The van der Waals surface area contributed by atoms with Gasteiger partial charge in [-0.25, -0.2) is 13.2 Å². The second kappa shape index (κ2) is 7.86. The number of amides is 4. The van der Waals surface area contributed by atoms with Gasteiger partial charge in [-0.3, -0.25) is 14.5 Å². The van der Waals surface area contributed by atoms with Gasteiger partial charge in [0.15, 0.2) is 9.84 Å². The van der Waals surface area contributed by atoms with Crippen LogP contribution in [0.1, 0.15) is 49.7 Å². The normalized spacial score (nSPS) is 29.4. The van der Waals surface area contributed by atoms with E-state index in [9.17, 15) is 22.8 Å². The standard InChI is InChI=1S/C23H29N3O5S/c27-20(26(18-7-3-4-8-18)19-10-12-32(30,31)15-19)14-25-21(28)23(24-22(25)29)11-9-16-5-1-2-6-17(16)13-23/h1-2,5-6,18-19H,3-4,7-15H2,(H,24,29). The number of benzene rings is 1. The number of hydrogen-bond acceptors (Lipinski definition) is 5. The molecule has 9 heteroatoms. The lowest BCUT2D eigenvalue weighted by atomic mass is 9.78. The molecule has 1 spiro atoms. The zero-order valence-corrected chi connectivity index (χ0v) is 18.9. The Kier molecular flexibility index (Phi) is 5.27. The molecule has 2 aliphatic carbocycles. The van der Waals surface area contributed by atoms with Crippen LogP contribution in [0, 0.1) is 0 Å². The van der Waals surface area contributed by atoms with Crippen molar-refractivity contribution in [3.05, 3.63) is 35.4 Å². The maximum atomic E-state index is 13.4. The highest BCUT2D eigenvalue weighted by atomic mass is 32.2. The number of imide groups is 1. The van der Waals surface area contributed by atoms with Crippen molar-refractivity contribution in [3.8, 4) is 0 Å². The highest BCUT2D eigenvalue weighted by molar-refractivity contribution is 7.91. The van der Waals surface area contributed by atoms with Gasteiger partial charge in [-0.05, 0) is 43.2 Å². The molecule has 0 aromatic heterocycles. The van der Waals surface area contributed by atoms with E-state index < -0.39 is 21.4 Å². The van der Waals surface area contributed by atoms with Gasteiger partial charge in [0, 0.05) is 18.5 Å². The summed E-state index contributed by atoms with van der Waals surface area (Å²) in [4.78, 5) is 42.3. The SMILES string of the molecule is O=C1NC2(CCc3ccccc3C2)C(=O)N1CC(=O)N(C1CCCC1)C1CCS(=O)(=O)C1. The fraction of sp³-hybridized carbons (Fsp3) is 0.609. The van der Waals surface area contributed by atoms with E-state index in [1.54, 1.807) is 4.90 Å². The van der Waals surface area contributed by atoms with Gasteiger partial charge in [-0.1, -0.05) is 37.1 Å². The first kappa shape index (κ1) is 21.4. The Hall–Kier alpha value is -2.42. The molecular weight excluding hydrogens is 430 g/mol. The van der Waals surface area contributed by atoms with Crippen LogP contribution in [0.25, 0.3) is 0 Å². The summed E-state index contributed by atoms with van der Waals surface area (Å²) in [6, 6.07) is 7.00. The lowest BCUT2D eigenvalue weighted by molar-refractivity contribution is -0.141. The maximum absolute atomic E-state index is 13.4. The van der Waals surface area contributed by atoms with Crippen molar-refractivity contribution in [3.63, 3.8) is 0 Å². The van der Waals surface area contributed by atoms with Crippen molar-refractivity contribution < 1.29 is 22.8 Å². The van der Waals surface area contributed by atoms with Crippen LogP contribution in [-0.4, -0.2) is 71.7 Å². The Morgan fingerprint density at radius 1 is 1.09 bits per heavy atom. The molecular formula is C23H29N3O5S. The van der Waals surface area contributed by atoms with Crippen molar-refractivity contribution in [1.29, 1.82) is 0 Å². The topological polar surface area (TPSA) is 104 Å². The number of urea groups is 1. The van der Waals surface area contributed by atoms with Gasteiger partial charge in [-0.15, -0.1) is 0 Å². The monoisotopic (exact) mass is 459 g/mol. The highest BCUT2D eigenvalue weighted by Crippen LogP contribution is 2.34. The number of carbonyl (C=O) groups is 3. The van der Waals surface area contributed by atoms with Gasteiger partial charge < -0.3 is 10.2 Å². The summed E-state index contributed by atoms with van der Waals surface area (Å²) < 4.78 is 24.1. The maximum Gasteiger partial charge on any atom is 0.325 e. The van der Waals surface area contributed by atoms with Gasteiger partial charge >= 0.3 is 6.03 Å². The molecule has 1 aromatic rings. The quantitative estimate of drug-likeness (QED) is 0.686. The summed E-state index contributed by atoms with van der Waals surface area (Å²) in [6.45, 7) is -0.332. The Bertz CT molecular complexity index is 1070. The molecule has 2 saturated heterocycles. The van der Waals surface area contributed by atoms with Crippen molar-refractivity contribution in [1.82, 2.24) is 15.1 Å². The van der Waals surface area contributed by atoms with Crippen molar-refractivity contribution in [2.45, 2.75) is 69.0 Å². The van der Waals surface area contributed by atoms with Crippen molar-refractivity contribution >= 4 is 27.7 Å². The van der Waals surface area contributed by atoms with Crippen LogP contribution < -0.4 is 5.32 Å². The molecule has 2 heterocycles. The predicted octanol–water partition coefficient (Wildman–Crippen LogP) is 1.42. The third-order valence-corrected chi connectivity index (χ3v) is 9.33. The molecule has 0 radical (unpaired) electrons. The number of rotatable bonds is 4. The fourth-order valence-electron chi connectivity index (χ4n) is 5.94. The lowest BCUT2D eigenvalue weighted by Crippen LogP contribution is -2.53. The van der Waals surface area contributed by atoms with E-state index in [1.165, 1.54) is 5.56 Å². The summed E-state index contributed by atoms with van der Waals surface area (Å²) in [6.07, 6.45) is 5.72. The molecule has 32 heavy (non-hydrogen) atoms. The van der Waals surface area contributed by atoms with E-state index in [-0.39, 0.29) is 41.9 Å². The number of nitrogens with one attached hydrogen (secondary N) is 1. The molecule has 1 aromatic carbocycles. The molecule has 3 fully saturated rings. The molecule has 4 aliphatic rings. The molecule has 172 valence electrons. The van der Waals surface area contributed by atoms with E-state index in [0.29, 0.717) is 25.7 Å². The first-order valence-corrected chi connectivity index (χ1v) is 13.3. The summed E-state index contributed by atoms with van der Waals surface area (Å²) >= 11 is 0. The summed E-state index contributed by atoms with van der Waals surface area (Å²) in [5.41, 5.74) is 1.23. The molecule has 5 rings (SSSR count). The molecule has 0 bridgehead atoms. The average molecular weight is 460 g/mol. The third-order valence-electron chi connectivity index (χ3n) is 7.58. The zero-order valence-electron chi connectivity index (χ0n) is 18.1. The Balaban J connectivity index is 1.35. The molecule has 4 amide bonds. The van der Waals surface area contributed by atoms with Crippen LogP contribution in [0.2, 0.25) is 0 Å². The minimum atomic E-state index is -3.16. The molecule has 2 aliphatic heterocycles. The summed E-state index contributed by atoms with van der Waals surface area (Å²) in [5.74, 6) is -0.623. The lowest BCUT2D eigenvalue weighted by Gasteiger charge is -2.35. The average Bonchev–Trinajstić information content (AvgIpc) is 3.45. The second-order valence-corrected chi connectivity index (χ2v) is 11.9. The van der Waals surface area contributed by atoms with Gasteiger partial charge in [-0.2, -0.15) is 0 Å². The van der Waals surface area contributed by atoms with Crippen LogP contribution in [0.15, 0.2) is 24.3 Å². The van der Waals surface area contributed by atoms with Gasteiger partial charge in [0.05, 0.1) is 11.5 Å². The molecule has 2 atom stereocenters. The number of sulfone groups is 1. The van der Waals surface area contributed by atoms with Gasteiger partial charge in [0.2, 0.25) is 5.91 Å². The minimum absolute atomic E-state index is 0.0166. The van der Waals surface area contributed by atoms with Crippen LogP contribution in [0.4, 0.5) is 4.79 Å². The number of nitrogens with zero attached hydrogens (tertiary/aromatic N) is 2. The van der Waals surface area contributed by atoms with E-state index in [2.05, 4.69) is 5.32 Å². The van der Waals surface area contributed by atoms with E-state index in [1.807, 2.05) is 24.3 Å². The van der Waals surface area contributed by atoms with E-state index in [0.717, 1.165) is 36.1 Å². The first-order valence-electron chi connectivity index (χ1n) is 11.5. The highest BCUT2D eigenvalue weighted by Gasteiger charge is 2.53. The van der Waals surface area contributed by atoms with Gasteiger partial charge in [0.25, 0.3) is 5.91 Å². The Morgan fingerprint density at radius 2 is 1.81 bits per heavy atom. The molecule has 8 nitrogen and oxygen atoms in total. The van der Waals surface area contributed by atoms with Gasteiger partial charge in [0.1, 0.15) is 12.1 Å². The number of carbonyl (C=O) groups excluding carboxylic acids is 3. The Labute approximate surface area is 188 Å². The van der Waals surface area contributed by atoms with Crippen molar-refractivity contribution in [2.24, 2.45) is 0 Å². The third kappa shape index (κ3) is 3.70. The van der Waals surface area contributed by atoms with Crippen LogP contribution in [-0.2, 0) is 32.3 Å². The second-order valence-electron chi connectivity index (χ2n) is 9.65.